The van der Waals surface area contributed by atoms with Crippen molar-refractivity contribution in [3.63, 3.8) is 0 Å². The fraction of sp³-hybridized carbons (Fsp3) is 0.143. The Labute approximate surface area is 119 Å². The summed E-state index contributed by atoms with van der Waals surface area (Å²) in [5.74, 6) is -1.16. The number of aromatic nitrogens is 3. The molecule has 0 aliphatic carbocycles. The number of nitrogens with zero attached hydrogens (tertiary/aromatic N) is 4. The minimum absolute atomic E-state index is 0.277. The number of thiazole rings is 1. The molecule has 0 aliphatic rings. The van der Waals surface area contributed by atoms with Gasteiger partial charge in [0.1, 0.15) is 16.3 Å². The predicted molar refractivity (Wildman–Crippen MR) is 74.7 cm³/mol. The highest BCUT2D eigenvalue weighted by Crippen LogP contribution is 2.24. The van der Waals surface area contributed by atoms with Crippen LogP contribution in [0.2, 0.25) is 0 Å². The lowest BCUT2D eigenvalue weighted by Crippen LogP contribution is -2.13. The first-order valence-corrected chi connectivity index (χ1v) is 6.86. The summed E-state index contributed by atoms with van der Waals surface area (Å²) < 4.78 is 1.69. The van der Waals surface area contributed by atoms with E-state index in [1.165, 1.54) is 17.5 Å². The van der Waals surface area contributed by atoms with E-state index in [1.54, 1.807) is 10.6 Å². The number of fused-ring (bicyclic) bond motifs is 1. The fourth-order valence-electron chi connectivity index (χ4n) is 1.99. The Morgan fingerprint density at radius 1 is 1.50 bits per heavy atom. The SMILES string of the molecule is Cc1csc([C@H](C#N)C(=O)c2cnc3ccccn23)n1. The van der Waals surface area contributed by atoms with E-state index in [1.807, 2.05) is 36.6 Å². The van der Waals surface area contributed by atoms with Crippen molar-refractivity contribution >= 4 is 22.8 Å². The van der Waals surface area contributed by atoms with Crippen LogP contribution >= 0.6 is 11.3 Å². The molecule has 0 fully saturated rings. The standard InChI is InChI=1S/C14H10N4OS/c1-9-8-20-14(17-9)10(6-15)13(19)11-7-16-12-4-2-3-5-18(11)12/h2-5,7-8,10H,1H3/t10-/m1/s1. The Kier molecular flexibility index (Phi) is 3.05. The Balaban J connectivity index is 2.05. The van der Waals surface area contributed by atoms with Crippen LogP contribution in [0.1, 0.15) is 27.1 Å². The van der Waals surface area contributed by atoms with E-state index in [2.05, 4.69) is 9.97 Å². The minimum atomic E-state index is -0.881. The number of carbonyl (C=O) groups is 1. The molecular weight excluding hydrogens is 272 g/mol. The van der Waals surface area contributed by atoms with Gasteiger partial charge in [0, 0.05) is 17.3 Å². The third kappa shape index (κ3) is 1.98. The summed E-state index contributed by atoms with van der Waals surface area (Å²) in [4.78, 5) is 21.0. The summed E-state index contributed by atoms with van der Waals surface area (Å²) in [6, 6.07) is 7.52. The van der Waals surface area contributed by atoms with Crippen molar-refractivity contribution in [1.29, 1.82) is 5.26 Å². The third-order valence-electron chi connectivity index (χ3n) is 2.94. The third-order valence-corrected chi connectivity index (χ3v) is 3.97. The minimum Gasteiger partial charge on any atom is -0.297 e. The van der Waals surface area contributed by atoms with Gasteiger partial charge in [-0.25, -0.2) is 9.97 Å². The van der Waals surface area contributed by atoms with E-state index >= 15 is 0 Å². The first-order chi connectivity index (χ1) is 9.70. The molecule has 0 spiro atoms. The van der Waals surface area contributed by atoms with Gasteiger partial charge < -0.3 is 0 Å². The zero-order valence-electron chi connectivity index (χ0n) is 10.6. The molecule has 0 unspecified atom stereocenters. The van der Waals surface area contributed by atoms with Crippen LogP contribution in [0, 0.1) is 18.3 Å². The second-order valence-electron chi connectivity index (χ2n) is 4.33. The second kappa shape index (κ2) is 4.87. The number of pyridine rings is 1. The number of carbonyl (C=O) groups excluding carboxylic acids is 1. The first kappa shape index (κ1) is 12.5. The van der Waals surface area contributed by atoms with Crippen molar-refractivity contribution < 1.29 is 4.79 Å². The smallest absolute Gasteiger partial charge is 0.205 e. The van der Waals surface area contributed by atoms with E-state index in [-0.39, 0.29) is 5.78 Å². The molecule has 0 saturated heterocycles. The number of aryl methyl sites for hydroxylation is 1. The van der Waals surface area contributed by atoms with E-state index in [0.717, 1.165) is 5.69 Å². The molecule has 1 atom stereocenters. The van der Waals surface area contributed by atoms with Crippen molar-refractivity contribution in [3.05, 3.63) is 52.4 Å². The molecule has 6 heteroatoms. The van der Waals surface area contributed by atoms with Crippen LogP contribution in [0.4, 0.5) is 0 Å². The van der Waals surface area contributed by atoms with Crippen molar-refractivity contribution in [1.82, 2.24) is 14.4 Å². The van der Waals surface area contributed by atoms with E-state index in [9.17, 15) is 10.1 Å². The molecular formula is C14H10N4OS. The zero-order valence-corrected chi connectivity index (χ0v) is 11.5. The van der Waals surface area contributed by atoms with Crippen LogP contribution in [0.25, 0.3) is 5.65 Å². The number of hydrogen-bond acceptors (Lipinski definition) is 5. The molecule has 20 heavy (non-hydrogen) atoms. The molecule has 98 valence electrons. The Morgan fingerprint density at radius 2 is 2.35 bits per heavy atom. The Hall–Kier alpha value is -2.52. The number of imidazole rings is 1. The maximum absolute atomic E-state index is 12.5. The topological polar surface area (TPSA) is 71.0 Å². The van der Waals surface area contributed by atoms with Gasteiger partial charge in [0.2, 0.25) is 5.78 Å². The number of nitriles is 1. The predicted octanol–water partition coefficient (Wildman–Crippen LogP) is 2.59. The molecule has 3 aromatic rings. The maximum atomic E-state index is 12.5. The second-order valence-corrected chi connectivity index (χ2v) is 5.22. The molecule has 0 bridgehead atoms. The normalized spacial score (nSPS) is 12.2. The highest BCUT2D eigenvalue weighted by molar-refractivity contribution is 7.10. The summed E-state index contributed by atoms with van der Waals surface area (Å²) in [6.07, 6.45) is 3.26. The number of rotatable bonds is 3. The van der Waals surface area contributed by atoms with Gasteiger partial charge in [0.05, 0.1) is 12.3 Å². The molecule has 0 N–H and O–H groups in total. The van der Waals surface area contributed by atoms with Gasteiger partial charge in [-0.3, -0.25) is 9.20 Å². The fourth-order valence-corrected chi connectivity index (χ4v) is 2.83. The number of Topliss-reactive ketones (excluding diaryl/α,β-unsaturated/α-hetero) is 1. The highest BCUT2D eigenvalue weighted by atomic mass is 32.1. The van der Waals surface area contributed by atoms with Crippen LogP contribution < -0.4 is 0 Å². The summed E-state index contributed by atoms with van der Waals surface area (Å²) in [7, 11) is 0. The maximum Gasteiger partial charge on any atom is 0.205 e. The molecule has 0 aromatic carbocycles. The monoisotopic (exact) mass is 282 g/mol. The molecule has 5 nitrogen and oxygen atoms in total. The Morgan fingerprint density at radius 3 is 3.05 bits per heavy atom. The summed E-state index contributed by atoms with van der Waals surface area (Å²) in [6.45, 7) is 1.84. The van der Waals surface area contributed by atoms with Gasteiger partial charge in [0.15, 0.2) is 5.92 Å². The van der Waals surface area contributed by atoms with Gasteiger partial charge >= 0.3 is 0 Å². The number of ketones is 1. The lowest BCUT2D eigenvalue weighted by Gasteiger charge is -2.04. The van der Waals surface area contributed by atoms with Crippen LogP contribution in [-0.4, -0.2) is 20.2 Å². The molecule has 0 radical (unpaired) electrons. The van der Waals surface area contributed by atoms with Gasteiger partial charge in [-0.15, -0.1) is 11.3 Å². The van der Waals surface area contributed by atoms with E-state index in [0.29, 0.717) is 16.3 Å². The lowest BCUT2D eigenvalue weighted by molar-refractivity contribution is 0.0973. The van der Waals surface area contributed by atoms with E-state index < -0.39 is 5.92 Å². The molecule has 0 aliphatic heterocycles. The summed E-state index contributed by atoms with van der Waals surface area (Å²) >= 11 is 1.33. The average Bonchev–Trinajstić information content (AvgIpc) is 3.06. The van der Waals surface area contributed by atoms with Crippen LogP contribution in [0.5, 0.6) is 0 Å². The van der Waals surface area contributed by atoms with Crippen molar-refractivity contribution in [2.45, 2.75) is 12.8 Å². The lowest BCUT2D eigenvalue weighted by atomic mass is 10.0. The molecule has 0 amide bonds. The van der Waals surface area contributed by atoms with Crippen molar-refractivity contribution in [2.24, 2.45) is 0 Å². The van der Waals surface area contributed by atoms with Crippen molar-refractivity contribution in [2.75, 3.05) is 0 Å². The molecule has 0 saturated carbocycles. The van der Waals surface area contributed by atoms with Gasteiger partial charge in [0.25, 0.3) is 0 Å². The average molecular weight is 282 g/mol. The summed E-state index contributed by atoms with van der Waals surface area (Å²) in [5.41, 5.74) is 1.90. The van der Waals surface area contributed by atoms with Gasteiger partial charge in [-0.2, -0.15) is 5.26 Å². The quantitative estimate of drug-likeness (QED) is 0.692. The van der Waals surface area contributed by atoms with E-state index in [4.69, 9.17) is 0 Å². The first-order valence-electron chi connectivity index (χ1n) is 5.98. The molecule has 3 heterocycles. The van der Waals surface area contributed by atoms with Gasteiger partial charge in [-0.05, 0) is 19.1 Å². The van der Waals surface area contributed by atoms with Crippen molar-refractivity contribution in [3.8, 4) is 6.07 Å². The van der Waals surface area contributed by atoms with Crippen LogP contribution in [0.3, 0.4) is 0 Å². The van der Waals surface area contributed by atoms with Crippen LogP contribution in [-0.2, 0) is 0 Å². The highest BCUT2D eigenvalue weighted by Gasteiger charge is 2.27. The van der Waals surface area contributed by atoms with Crippen LogP contribution in [0.15, 0.2) is 36.0 Å². The summed E-state index contributed by atoms with van der Waals surface area (Å²) in [5, 5.41) is 11.7. The Bertz CT molecular complexity index is 827. The largest absolute Gasteiger partial charge is 0.297 e. The molecule has 3 aromatic heterocycles. The van der Waals surface area contributed by atoms with Gasteiger partial charge in [-0.1, -0.05) is 6.07 Å². The number of hydrogen-bond donors (Lipinski definition) is 0. The zero-order chi connectivity index (χ0) is 14.1. The molecule has 3 rings (SSSR count).